The number of ether oxygens (including phenoxy) is 1. The molecule has 0 aliphatic heterocycles. The van der Waals surface area contributed by atoms with Crippen LogP contribution in [0.25, 0.3) is 0 Å². The number of nitrogens with two attached hydrogens (primary N) is 1. The summed E-state index contributed by atoms with van der Waals surface area (Å²) in [6.07, 6.45) is -0.678. The first-order valence-electron chi connectivity index (χ1n) is 4.51. The van der Waals surface area contributed by atoms with Gasteiger partial charge in [0.25, 0.3) is 0 Å². The van der Waals surface area contributed by atoms with Crippen molar-refractivity contribution in [3.05, 3.63) is 28.5 Å². The third kappa shape index (κ3) is 2.81. The van der Waals surface area contributed by atoms with Crippen LogP contribution < -0.4 is 10.5 Å². The van der Waals surface area contributed by atoms with Crippen LogP contribution in [0.5, 0.6) is 5.75 Å². The SMILES string of the molecule is COc1cc(Cl)cc(C(O)CCN)c1F. The normalized spacial score (nSPS) is 12.6. The molecular formula is C10H13ClFNO2. The van der Waals surface area contributed by atoms with Gasteiger partial charge >= 0.3 is 0 Å². The zero-order valence-corrected chi connectivity index (χ0v) is 9.09. The summed E-state index contributed by atoms with van der Waals surface area (Å²) in [5.41, 5.74) is 5.39. The fourth-order valence-electron chi connectivity index (χ4n) is 1.29. The fourth-order valence-corrected chi connectivity index (χ4v) is 1.51. The van der Waals surface area contributed by atoms with E-state index in [9.17, 15) is 9.50 Å². The molecule has 0 amide bonds. The molecule has 0 aliphatic carbocycles. The number of hydrogen-bond donors (Lipinski definition) is 2. The molecule has 1 aromatic rings. The second-order valence-electron chi connectivity index (χ2n) is 3.10. The monoisotopic (exact) mass is 233 g/mol. The standard InChI is InChI=1S/C10H13ClFNO2/c1-15-9-5-6(11)4-7(10(9)12)8(14)2-3-13/h4-5,8,14H,2-3,13H2,1H3. The molecule has 1 atom stereocenters. The first-order chi connectivity index (χ1) is 7.10. The van der Waals surface area contributed by atoms with Gasteiger partial charge in [0.15, 0.2) is 11.6 Å². The van der Waals surface area contributed by atoms with E-state index in [1.54, 1.807) is 0 Å². The first kappa shape index (κ1) is 12.2. The van der Waals surface area contributed by atoms with Crippen LogP contribution >= 0.6 is 11.6 Å². The molecule has 3 N–H and O–H groups in total. The van der Waals surface area contributed by atoms with E-state index in [1.807, 2.05) is 0 Å². The van der Waals surface area contributed by atoms with E-state index in [0.717, 1.165) is 0 Å². The average Bonchev–Trinajstić information content (AvgIpc) is 2.21. The lowest BCUT2D eigenvalue weighted by molar-refractivity contribution is 0.164. The summed E-state index contributed by atoms with van der Waals surface area (Å²) in [5.74, 6) is -0.573. The Bertz CT molecular complexity index is 346. The molecule has 0 radical (unpaired) electrons. The highest BCUT2D eigenvalue weighted by Crippen LogP contribution is 2.30. The van der Waals surface area contributed by atoms with Crippen molar-refractivity contribution >= 4 is 11.6 Å². The van der Waals surface area contributed by atoms with E-state index in [0.29, 0.717) is 5.02 Å². The molecule has 0 saturated carbocycles. The molecule has 1 unspecified atom stereocenters. The third-order valence-corrected chi connectivity index (χ3v) is 2.27. The van der Waals surface area contributed by atoms with Crippen LogP contribution in [0, 0.1) is 5.82 Å². The van der Waals surface area contributed by atoms with Crippen LogP contribution in [0.15, 0.2) is 12.1 Å². The predicted molar refractivity (Wildman–Crippen MR) is 56.6 cm³/mol. The van der Waals surface area contributed by atoms with Crippen molar-refractivity contribution < 1.29 is 14.2 Å². The van der Waals surface area contributed by atoms with Gasteiger partial charge in [0, 0.05) is 16.7 Å². The van der Waals surface area contributed by atoms with Crippen LogP contribution in [-0.4, -0.2) is 18.8 Å². The van der Waals surface area contributed by atoms with E-state index < -0.39 is 11.9 Å². The maximum absolute atomic E-state index is 13.6. The second kappa shape index (κ2) is 5.30. The average molecular weight is 234 g/mol. The molecule has 1 rings (SSSR count). The number of aliphatic hydroxyl groups excluding tert-OH is 1. The highest BCUT2D eigenvalue weighted by molar-refractivity contribution is 6.30. The largest absolute Gasteiger partial charge is 0.494 e. The van der Waals surface area contributed by atoms with Gasteiger partial charge in [0.1, 0.15) is 0 Å². The van der Waals surface area contributed by atoms with Crippen molar-refractivity contribution in [1.29, 1.82) is 0 Å². The molecule has 84 valence electrons. The number of aliphatic hydroxyl groups is 1. The number of hydrogen-bond acceptors (Lipinski definition) is 3. The Balaban J connectivity index is 3.11. The number of benzene rings is 1. The lowest BCUT2D eigenvalue weighted by Crippen LogP contribution is -2.09. The van der Waals surface area contributed by atoms with Gasteiger partial charge in [-0.05, 0) is 19.0 Å². The minimum atomic E-state index is -0.956. The number of halogens is 2. The van der Waals surface area contributed by atoms with Gasteiger partial charge in [0.05, 0.1) is 13.2 Å². The predicted octanol–water partition coefficient (Wildman–Crippen LogP) is 1.87. The first-order valence-corrected chi connectivity index (χ1v) is 4.89. The summed E-state index contributed by atoms with van der Waals surface area (Å²) in [4.78, 5) is 0. The smallest absolute Gasteiger partial charge is 0.170 e. The minimum absolute atomic E-state index is 0.0218. The maximum atomic E-state index is 13.6. The highest BCUT2D eigenvalue weighted by Gasteiger charge is 2.17. The van der Waals surface area contributed by atoms with Crippen molar-refractivity contribution in [1.82, 2.24) is 0 Å². The highest BCUT2D eigenvalue weighted by atomic mass is 35.5. The zero-order valence-electron chi connectivity index (χ0n) is 8.34. The second-order valence-corrected chi connectivity index (χ2v) is 3.54. The van der Waals surface area contributed by atoms with E-state index in [4.69, 9.17) is 22.1 Å². The quantitative estimate of drug-likeness (QED) is 0.835. The maximum Gasteiger partial charge on any atom is 0.170 e. The topological polar surface area (TPSA) is 55.5 Å². The molecule has 3 nitrogen and oxygen atoms in total. The summed E-state index contributed by atoms with van der Waals surface area (Å²) in [6.45, 7) is 0.273. The van der Waals surface area contributed by atoms with E-state index in [1.165, 1.54) is 19.2 Å². The van der Waals surface area contributed by atoms with Crippen molar-refractivity contribution in [2.75, 3.05) is 13.7 Å². The Morgan fingerprint density at radius 3 is 2.80 bits per heavy atom. The Kier molecular flexibility index (Phi) is 4.32. The van der Waals surface area contributed by atoms with Gasteiger partial charge in [0.2, 0.25) is 0 Å². The summed E-state index contributed by atoms with van der Waals surface area (Å²) in [6, 6.07) is 2.73. The van der Waals surface area contributed by atoms with Crippen molar-refractivity contribution in [2.45, 2.75) is 12.5 Å². The van der Waals surface area contributed by atoms with Gasteiger partial charge in [-0.25, -0.2) is 4.39 Å². The Hall–Kier alpha value is -0.840. The molecule has 0 saturated heterocycles. The van der Waals surface area contributed by atoms with Crippen LogP contribution in [0.2, 0.25) is 5.02 Å². The lowest BCUT2D eigenvalue weighted by Gasteiger charge is -2.13. The molecule has 0 aromatic heterocycles. The molecule has 0 fully saturated rings. The third-order valence-electron chi connectivity index (χ3n) is 2.05. The van der Waals surface area contributed by atoms with Crippen LogP contribution in [0.1, 0.15) is 18.1 Å². The van der Waals surface area contributed by atoms with Gasteiger partial charge in [-0.15, -0.1) is 0 Å². The van der Waals surface area contributed by atoms with E-state index >= 15 is 0 Å². The Labute approximate surface area is 92.6 Å². The summed E-state index contributed by atoms with van der Waals surface area (Å²) < 4.78 is 18.4. The van der Waals surface area contributed by atoms with Crippen molar-refractivity contribution in [3.63, 3.8) is 0 Å². The van der Waals surface area contributed by atoms with Crippen molar-refractivity contribution in [3.8, 4) is 5.75 Å². The van der Waals surface area contributed by atoms with E-state index in [2.05, 4.69) is 0 Å². The summed E-state index contributed by atoms with van der Waals surface area (Å²) in [7, 11) is 1.34. The van der Waals surface area contributed by atoms with Crippen molar-refractivity contribution in [2.24, 2.45) is 5.73 Å². The van der Waals surface area contributed by atoms with Gasteiger partial charge in [-0.3, -0.25) is 0 Å². The summed E-state index contributed by atoms with van der Waals surface area (Å²) in [5, 5.41) is 9.93. The zero-order chi connectivity index (χ0) is 11.4. The Morgan fingerprint density at radius 1 is 1.60 bits per heavy atom. The van der Waals surface area contributed by atoms with Crippen LogP contribution in [0.4, 0.5) is 4.39 Å². The molecule has 5 heteroatoms. The summed E-state index contributed by atoms with van der Waals surface area (Å²) >= 11 is 5.76. The van der Waals surface area contributed by atoms with Gasteiger partial charge in [-0.1, -0.05) is 11.6 Å². The minimum Gasteiger partial charge on any atom is -0.494 e. The molecule has 0 aliphatic rings. The van der Waals surface area contributed by atoms with E-state index in [-0.39, 0.29) is 24.3 Å². The van der Waals surface area contributed by atoms with Crippen LogP contribution in [-0.2, 0) is 0 Å². The Morgan fingerprint density at radius 2 is 2.27 bits per heavy atom. The molecular weight excluding hydrogens is 221 g/mol. The van der Waals surface area contributed by atoms with Gasteiger partial charge in [-0.2, -0.15) is 0 Å². The number of methoxy groups -OCH3 is 1. The van der Waals surface area contributed by atoms with Gasteiger partial charge < -0.3 is 15.6 Å². The fraction of sp³-hybridized carbons (Fsp3) is 0.400. The molecule has 0 spiro atoms. The number of rotatable bonds is 4. The molecule has 15 heavy (non-hydrogen) atoms. The molecule has 0 bridgehead atoms. The van der Waals surface area contributed by atoms with Crippen LogP contribution in [0.3, 0.4) is 0 Å². The molecule has 1 aromatic carbocycles. The lowest BCUT2D eigenvalue weighted by atomic mass is 10.1. The molecule has 0 heterocycles.